The second-order valence-electron chi connectivity index (χ2n) is 6.60. The molecule has 1 amide bonds. The minimum Gasteiger partial charge on any atom is -0.485 e. The van der Waals surface area contributed by atoms with Crippen LogP contribution in [0.2, 0.25) is 0 Å². The Labute approximate surface area is 180 Å². The third-order valence-corrected chi connectivity index (χ3v) is 4.44. The van der Waals surface area contributed by atoms with E-state index in [1.54, 1.807) is 24.2 Å². The van der Waals surface area contributed by atoms with Crippen molar-refractivity contribution >= 4 is 17.6 Å². The van der Waals surface area contributed by atoms with Gasteiger partial charge in [0, 0.05) is 24.5 Å². The molecule has 1 aliphatic rings. The molecule has 2 heterocycles. The van der Waals surface area contributed by atoms with Crippen molar-refractivity contribution in [3.05, 3.63) is 60.9 Å². The smallest absolute Gasteiger partial charge is 0.485 e. The number of rotatable bonds is 3. The summed E-state index contributed by atoms with van der Waals surface area (Å²) in [6.07, 6.45) is -2.16. The number of benzene rings is 2. The Bertz CT molecular complexity index is 1070. The van der Waals surface area contributed by atoms with E-state index in [4.69, 9.17) is 19.4 Å². The number of carbonyl (C=O) groups is 2. The maximum absolute atomic E-state index is 12.7. The number of carboxylic acid groups (broad SMARTS) is 1. The standard InChI is InChI=1S/C19H17N3O3.C2HF3O2/c1-22(15-8-6-13(7-9-15)14-10-20-21-11-14)19(23)18-12-24-16-4-2-3-5-17(16)25-18;3-2(4,5)1(6)7/h2-11,18H,12H2,1H3,(H,20,21);(H,6,7). The molecule has 1 unspecified atom stereocenters. The largest absolute Gasteiger partial charge is 0.490 e. The highest BCUT2D eigenvalue weighted by atomic mass is 19.4. The molecule has 1 aliphatic heterocycles. The number of aromatic amines is 1. The highest BCUT2D eigenvalue weighted by molar-refractivity contribution is 5.96. The summed E-state index contributed by atoms with van der Waals surface area (Å²) in [5.41, 5.74) is 2.82. The molecular weight excluding hydrogens is 431 g/mol. The SMILES string of the molecule is CN(C(=O)C1COc2ccccc2O1)c1ccc(-c2cn[nH]c2)cc1.O=C(O)C(F)(F)F. The number of anilines is 1. The molecule has 0 saturated carbocycles. The van der Waals surface area contributed by atoms with Gasteiger partial charge in [-0.25, -0.2) is 4.79 Å². The Kier molecular flexibility index (Phi) is 6.67. The van der Waals surface area contributed by atoms with Gasteiger partial charge in [0.05, 0.1) is 6.20 Å². The van der Waals surface area contributed by atoms with Gasteiger partial charge in [0.1, 0.15) is 6.61 Å². The van der Waals surface area contributed by atoms with E-state index in [2.05, 4.69) is 10.2 Å². The Morgan fingerprint density at radius 1 is 1.09 bits per heavy atom. The molecule has 0 spiro atoms. The summed E-state index contributed by atoms with van der Waals surface area (Å²) < 4.78 is 43.2. The van der Waals surface area contributed by atoms with Gasteiger partial charge >= 0.3 is 12.1 Å². The van der Waals surface area contributed by atoms with E-state index in [0.29, 0.717) is 11.5 Å². The van der Waals surface area contributed by atoms with Crippen LogP contribution in [0.25, 0.3) is 11.1 Å². The molecule has 0 saturated heterocycles. The maximum Gasteiger partial charge on any atom is 0.490 e. The van der Waals surface area contributed by atoms with Crippen molar-refractivity contribution in [1.82, 2.24) is 10.2 Å². The van der Waals surface area contributed by atoms with Crippen molar-refractivity contribution in [2.45, 2.75) is 12.3 Å². The van der Waals surface area contributed by atoms with Crippen molar-refractivity contribution in [3.63, 3.8) is 0 Å². The second kappa shape index (κ2) is 9.41. The number of likely N-dealkylation sites (N-methyl/N-ethyl adjacent to an activating group) is 1. The summed E-state index contributed by atoms with van der Waals surface area (Å²) >= 11 is 0. The van der Waals surface area contributed by atoms with Gasteiger partial charge in [0.25, 0.3) is 5.91 Å². The van der Waals surface area contributed by atoms with E-state index in [1.165, 1.54) is 0 Å². The van der Waals surface area contributed by atoms with Gasteiger partial charge in [-0.2, -0.15) is 18.3 Å². The average molecular weight is 449 g/mol. The number of amides is 1. The number of para-hydroxylation sites is 2. The molecular formula is C21H18F3N3O5. The van der Waals surface area contributed by atoms with Gasteiger partial charge in [0.2, 0.25) is 6.10 Å². The minimum atomic E-state index is -5.08. The molecule has 32 heavy (non-hydrogen) atoms. The van der Waals surface area contributed by atoms with Gasteiger partial charge < -0.3 is 19.5 Å². The zero-order valence-electron chi connectivity index (χ0n) is 16.7. The number of halogens is 3. The zero-order chi connectivity index (χ0) is 23.3. The molecule has 2 N–H and O–H groups in total. The monoisotopic (exact) mass is 449 g/mol. The maximum atomic E-state index is 12.7. The summed E-state index contributed by atoms with van der Waals surface area (Å²) in [7, 11) is 1.74. The zero-order valence-corrected chi connectivity index (χ0v) is 16.7. The number of nitrogens with one attached hydrogen (secondary N) is 1. The van der Waals surface area contributed by atoms with Crippen LogP contribution in [-0.2, 0) is 9.59 Å². The van der Waals surface area contributed by atoms with Crippen molar-refractivity contribution in [3.8, 4) is 22.6 Å². The lowest BCUT2D eigenvalue weighted by Crippen LogP contribution is -2.45. The van der Waals surface area contributed by atoms with E-state index >= 15 is 0 Å². The van der Waals surface area contributed by atoms with Crippen LogP contribution in [0.1, 0.15) is 0 Å². The molecule has 1 atom stereocenters. The number of aliphatic carboxylic acids is 1. The third-order valence-electron chi connectivity index (χ3n) is 4.44. The van der Waals surface area contributed by atoms with Gasteiger partial charge in [-0.15, -0.1) is 0 Å². The number of alkyl halides is 3. The highest BCUT2D eigenvalue weighted by Crippen LogP contribution is 2.31. The predicted octanol–water partition coefficient (Wildman–Crippen LogP) is 3.51. The lowest BCUT2D eigenvalue weighted by atomic mass is 10.1. The Hall–Kier alpha value is -4.02. The number of hydrogen-bond acceptors (Lipinski definition) is 5. The summed E-state index contributed by atoms with van der Waals surface area (Å²) in [4.78, 5) is 23.2. The van der Waals surface area contributed by atoms with Gasteiger partial charge in [-0.3, -0.25) is 9.89 Å². The van der Waals surface area contributed by atoms with E-state index in [1.807, 2.05) is 48.7 Å². The number of ether oxygens (including phenoxy) is 2. The van der Waals surface area contributed by atoms with E-state index in [-0.39, 0.29) is 12.5 Å². The normalized spacial score (nSPS) is 14.7. The predicted molar refractivity (Wildman–Crippen MR) is 107 cm³/mol. The van der Waals surface area contributed by atoms with Crippen LogP contribution in [0, 0.1) is 0 Å². The lowest BCUT2D eigenvalue weighted by molar-refractivity contribution is -0.192. The molecule has 8 nitrogen and oxygen atoms in total. The van der Waals surface area contributed by atoms with Crippen LogP contribution in [0.5, 0.6) is 11.5 Å². The molecule has 0 aliphatic carbocycles. The first-order chi connectivity index (χ1) is 15.2. The van der Waals surface area contributed by atoms with Crippen molar-refractivity contribution in [2.24, 2.45) is 0 Å². The number of carboxylic acids is 1. The molecule has 2 aromatic carbocycles. The minimum absolute atomic E-state index is 0.148. The molecule has 0 bridgehead atoms. The quantitative estimate of drug-likeness (QED) is 0.634. The highest BCUT2D eigenvalue weighted by Gasteiger charge is 2.38. The third kappa shape index (κ3) is 5.36. The molecule has 3 aromatic rings. The van der Waals surface area contributed by atoms with Gasteiger partial charge in [-0.1, -0.05) is 24.3 Å². The summed E-state index contributed by atoms with van der Waals surface area (Å²) in [5, 5.41) is 13.9. The van der Waals surface area contributed by atoms with Crippen LogP contribution in [0.4, 0.5) is 18.9 Å². The first-order valence-electron chi connectivity index (χ1n) is 9.22. The number of carbonyl (C=O) groups excluding carboxylic acids is 1. The fourth-order valence-corrected chi connectivity index (χ4v) is 2.77. The second-order valence-corrected chi connectivity index (χ2v) is 6.60. The van der Waals surface area contributed by atoms with E-state index in [9.17, 15) is 18.0 Å². The van der Waals surface area contributed by atoms with Crippen LogP contribution in [0.15, 0.2) is 60.9 Å². The number of fused-ring (bicyclic) bond motifs is 1. The summed E-state index contributed by atoms with van der Waals surface area (Å²) in [6, 6.07) is 15.1. The molecule has 4 rings (SSSR count). The van der Waals surface area contributed by atoms with Crippen molar-refractivity contribution in [1.29, 1.82) is 0 Å². The number of H-pyrrole nitrogens is 1. The molecule has 1 aromatic heterocycles. The number of nitrogens with zero attached hydrogens (tertiary/aromatic N) is 2. The first-order valence-corrected chi connectivity index (χ1v) is 9.22. The molecule has 11 heteroatoms. The number of aromatic nitrogens is 2. The van der Waals surface area contributed by atoms with Gasteiger partial charge in [-0.05, 0) is 29.8 Å². The topological polar surface area (TPSA) is 105 Å². The Morgan fingerprint density at radius 3 is 2.28 bits per heavy atom. The Morgan fingerprint density at radius 2 is 1.72 bits per heavy atom. The molecule has 0 radical (unpaired) electrons. The first kappa shape index (κ1) is 22.7. The average Bonchev–Trinajstić information content (AvgIpc) is 3.33. The number of hydrogen-bond donors (Lipinski definition) is 2. The molecule has 168 valence electrons. The Balaban J connectivity index is 0.000000360. The fraction of sp³-hybridized carbons (Fsp3) is 0.190. The van der Waals surface area contributed by atoms with Crippen LogP contribution < -0.4 is 14.4 Å². The van der Waals surface area contributed by atoms with Crippen LogP contribution in [0.3, 0.4) is 0 Å². The lowest BCUT2D eigenvalue weighted by Gasteiger charge is -2.28. The van der Waals surface area contributed by atoms with Crippen molar-refractivity contribution < 1.29 is 37.3 Å². The molecule has 0 fully saturated rings. The van der Waals surface area contributed by atoms with Crippen LogP contribution >= 0.6 is 0 Å². The fourth-order valence-electron chi connectivity index (χ4n) is 2.77. The summed E-state index contributed by atoms with van der Waals surface area (Å²) in [5.74, 6) is -1.65. The van der Waals surface area contributed by atoms with Crippen LogP contribution in [-0.4, -0.2) is 53.1 Å². The summed E-state index contributed by atoms with van der Waals surface area (Å²) in [6.45, 7) is 0.202. The van der Waals surface area contributed by atoms with E-state index in [0.717, 1.165) is 16.8 Å². The van der Waals surface area contributed by atoms with Gasteiger partial charge in [0.15, 0.2) is 11.5 Å². The van der Waals surface area contributed by atoms with E-state index < -0.39 is 18.2 Å². The van der Waals surface area contributed by atoms with Crippen molar-refractivity contribution in [2.75, 3.05) is 18.6 Å².